The SMILES string of the molecule is Cc1nc(C)c(C(=O)N2CCCc3ccccc32)c(=O)[nH]1. The molecule has 1 aliphatic heterocycles. The number of carbonyl (C=O) groups excluding carboxylic acids is 1. The van der Waals surface area contributed by atoms with Gasteiger partial charge in [-0.1, -0.05) is 18.2 Å². The van der Waals surface area contributed by atoms with Gasteiger partial charge in [-0.2, -0.15) is 0 Å². The van der Waals surface area contributed by atoms with Crippen LogP contribution < -0.4 is 10.5 Å². The number of amides is 1. The molecule has 2 heterocycles. The third-order valence-electron chi connectivity index (χ3n) is 3.79. The summed E-state index contributed by atoms with van der Waals surface area (Å²) in [6.45, 7) is 4.03. The van der Waals surface area contributed by atoms with Gasteiger partial charge in [0.2, 0.25) is 0 Å². The fraction of sp³-hybridized carbons (Fsp3) is 0.312. The van der Waals surface area contributed by atoms with E-state index in [1.807, 2.05) is 24.3 Å². The number of nitrogens with zero attached hydrogens (tertiary/aromatic N) is 2. The fourth-order valence-corrected chi connectivity index (χ4v) is 2.86. The van der Waals surface area contributed by atoms with Crippen molar-refractivity contribution in [2.24, 2.45) is 0 Å². The fourth-order valence-electron chi connectivity index (χ4n) is 2.86. The van der Waals surface area contributed by atoms with Gasteiger partial charge in [0.25, 0.3) is 11.5 Å². The molecule has 21 heavy (non-hydrogen) atoms. The van der Waals surface area contributed by atoms with Gasteiger partial charge in [-0.05, 0) is 38.3 Å². The minimum atomic E-state index is -0.368. The molecule has 0 atom stereocenters. The third-order valence-corrected chi connectivity index (χ3v) is 3.79. The lowest BCUT2D eigenvalue weighted by molar-refractivity contribution is 0.0982. The summed E-state index contributed by atoms with van der Waals surface area (Å²) in [6, 6.07) is 7.84. The summed E-state index contributed by atoms with van der Waals surface area (Å²) in [5, 5.41) is 0. The van der Waals surface area contributed by atoms with Crippen LogP contribution in [0.25, 0.3) is 0 Å². The van der Waals surface area contributed by atoms with Crippen molar-refractivity contribution in [3.05, 3.63) is 57.3 Å². The van der Waals surface area contributed by atoms with Gasteiger partial charge in [0.05, 0.1) is 5.69 Å². The molecule has 1 aliphatic rings. The van der Waals surface area contributed by atoms with E-state index < -0.39 is 0 Å². The molecule has 5 nitrogen and oxygen atoms in total. The highest BCUT2D eigenvalue weighted by atomic mass is 16.2. The average molecular weight is 283 g/mol. The number of rotatable bonds is 1. The Morgan fingerprint density at radius 1 is 1.29 bits per heavy atom. The number of anilines is 1. The standard InChI is InChI=1S/C16H17N3O2/c1-10-14(15(20)18-11(2)17-10)16(21)19-9-5-7-12-6-3-4-8-13(12)19/h3-4,6,8H,5,7,9H2,1-2H3,(H,17,18,20). The predicted molar refractivity (Wildman–Crippen MR) is 80.8 cm³/mol. The molecule has 0 aliphatic carbocycles. The predicted octanol–water partition coefficient (Wildman–Crippen LogP) is 1.98. The van der Waals surface area contributed by atoms with Crippen LogP contribution in [0.4, 0.5) is 5.69 Å². The lowest BCUT2D eigenvalue weighted by Crippen LogP contribution is -2.39. The molecule has 0 bridgehead atoms. The minimum Gasteiger partial charge on any atom is -0.310 e. The van der Waals surface area contributed by atoms with Crippen molar-refractivity contribution in [3.8, 4) is 0 Å². The van der Waals surface area contributed by atoms with Crippen molar-refractivity contribution in [2.75, 3.05) is 11.4 Å². The summed E-state index contributed by atoms with van der Waals surface area (Å²) >= 11 is 0. The summed E-state index contributed by atoms with van der Waals surface area (Å²) in [5.41, 5.74) is 2.29. The molecule has 1 amide bonds. The van der Waals surface area contributed by atoms with Crippen LogP contribution in [-0.4, -0.2) is 22.4 Å². The lowest BCUT2D eigenvalue weighted by atomic mass is 10.0. The molecule has 1 N–H and O–H groups in total. The number of aromatic nitrogens is 2. The monoisotopic (exact) mass is 283 g/mol. The summed E-state index contributed by atoms with van der Waals surface area (Å²) in [7, 11) is 0. The van der Waals surface area contributed by atoms with Crippen molar-refractivity contribution in [3.63, 3.8) is 0 Å². The van der Waals surface area contributed by atoms with E-state index in [1.165, 1.54) is 0 Å². The second-order valence-corrected chi connectivity index (χ2v) is 5.30. The van der Waals surface area contributed by atoms with E-state index in [0.29, 0.717) is 18.1 Å². The van der Waals surface area contributed by atoms with Gasteiger partial charge in [0, 0.05) is 12.2 Å². The van der Waals surface area contributed by atoms with E-state index in [9.17, 15) is 9.59 Å². The van der Waals surface area contributed by atoms with E-state index >= 15 is 0 Å². The Morgan fingerprint density at radius 2 is 2.05 bits per heavy atom. The maximum absolute atomic E-state index is 12.8. The maximum Gasteiger partial charge on any atom is 0.265 e. The molecule has 1 aromatic heterocycles. The van der Waals surface area contributed by atoms with Gasteiger partial charge in [0.1, 0.15) is 11.4 Å². The number of H-pyrrole nitrogens is 1. The molecule has 0 radical (unpaired) electrons. The Labute approximate surface area is 122 Å². The molecule has 0 saturated carbocycles. The number of carbonyl (C=O) groups is 1. The van der Waals surface area contributed by atoms with Crippen LogP contribution >= 0.6 is 0 Å². The molecule has 0 unspecified atom stereocenters. The highest BCUT2D eigenvalue weighted by Gasteiger charge is 2.26. The molecule has 3 rings (SSSR count). The number of hydrogen-bond donors (Lipinski definition) is 1. The first-order valence-corrected chi connectivity index (χ1v) is 7.05. The highest BCUT2D eigenvalue weighted by Crippen LogP contribution is 2.27. The zero-order valence-electron chi connectivity index (χ0n) is 12.1. The Kier molecular flexibility index (Phi) is 3.33. The van der Waals surface area contributed by atoms with Crippen molar-refractivity contribution < 1.29 is 4.79 Å². The van der Waals surface area contributed by atoms with Crippen LogP contribution in [0, 0.1) is 13.8 Å². The first-order chi connectivity index (χ1) is 10.1. The molecule has 5 heteroatoms. The summed E-state index contributed by atoms with van der Waals surface area (Å²) in [5.74, 6) is 0.251. The van der Waals surface area contributed by atoms with Crippen molar-refractivity contribution in [1.82, 2.24) is 9.97 Å². The number of fused-ring (bicyclic) bond motifs is 1. The number of aromatic amines is 1. The van der Waals surface area contributed by atoms with Gasteiger partial charge in [-0.3, -0.25) is 9.59 Å². The smallest absolute Gasteiger partial charge is 0.265 e. The quantitative estimate of drug-likeness (QED) is 0.870. The second-order valence-electron chi connectivity index (χ2n) is 5.30. The first-order valence-electron chi connectivity index (χ1n) is 7.05. The molecular formula is C16H17N3O2. The van der Waals surface area contributed by atoms with Crippen LogP contribution in [0.5, 0.6) is 0 Å². The largest absolute Gasteiger partial charge is 0.310 e. The maximum atomic E-state index is 12.8. The molecule has 0 saturated heterocycles. The Balaban J connectivity index is 2.07. The summed E-state index contributed by atoms with van der Waals surface area (Å²) in [6.07, 6.45) is 1.86. The van der Waals surface area contributed by atoms with Crippen LogP contribution in [0.2, 0.25) is 0 Å². The van der Waals surface area contributed by atoms with Crippen molar-refractivity contribution in [2.45, 2.75) is 26.7 Å². The topological polar surface area (TPSA) is 66.1 Å². The van der Waals surface area contributed by atoms with Crippen molar-refractivity contribution >= 4 is 11.6 Å². The Bertz CT molecular complexity index is 764. The lowest BCUT2D eigenvalue weighted by Gasteiger charge is -2.29. The van der Waals surface area contributed by atoms with E-state index in [0.717, 1.165) is 24.1 Å². The molecule has 1 aromatic carbocycles. The third kappa shape index (κ3) is 2.35. The number of aryl methyl sites for hydroxylation is 3. The molecule has 0 fully saturated rings. The number of hydrogen-bond acceptors (Lipinski definition) is 3. The molecule has 0 spiro atoms. The number of nitrogens with one attached hydrogen (secondary N) is 1. The van der Waals surface area contributed by atoms with Crippen LogP contribution in [0.3, 0.4) is 0 Å². The van der Waals surface area contributed by atoms with E-state index in [2.05, 4.69) is 9.97 Å². The van der Waals surface area contributed by atoms with Gasteiger partial charge < -0.3 is 9.88 Å². The Morgan fingerprint density at radius 3 is 2.81 bits per heavy atom. The van der Waals surface area contributed by atoms with Crippen LogP contribution in [-0.2, 0) is 6.42 Å². The molecular weight excluding hydrogens is 266 g/mol. The van der Waals surface area contributed by atoms with Crippen LogP contribution in [0.1, 0.15) is 33.9 Å². The zero-order chi connectivity index (χ0) is 15.0. The number of benzene rings is 1. The van der Waals surface area contributed by atoms with E-state index in [1.54, 1.807) is 18.7 Å². The van der Waals surface area contributed by atoms with Crippen molar-refractivity contribution in [1.29, 1.82) is 0 Å². The van der Waals surface area contributed by atoms with Crippen LogP contribution in [0.15, 0.2) is 29.1 Å². The highest BCUT2D eigenvalue weighted by molar-refractivity contribution is 6.07. The molecule has 108 valence electrons. The zero-order valence-corrected chi connectivity index (χ0v) is 12.1. The normalized spacial score (nSPS) is 13.9. The molecule has 2 aromatic rings. The summed E-state index contributed by atoms with van der Waals surface area (Å²) in [4.78, 5) is 33.4. The van der Waals surface area contributed by atoms with Gasteiger partial charge >= 0.3 is 0 Å². The average Bonchev–Trinajstić information content (AvgIpc) is 2.45. The minimum absolute atomic E-state index is 0.136. The first kappa shape index (κ1) is 13.5. The van der Waals surface area contributed by atoms with Gasteiger partial charge in [-0.25, -0.2) is 4.98 Å². The second kappa shape index (κ2) is 5.16. The van der Waals surface area contributed by atoms with E-state index in [-0.39, 0.29) is 17.0 Å². The van der Waals surface area contributed by atoms with Gasteiger partial charge in [-0.15, -0.1) is 0 Å². The number of para-hydroxylation sites is 1. The summed E-state index contributed by atoms with van der Waals surface area (Å²) < 4.78 is 0. The van der Waals surface area contributed by atoms with Gasteiger partial charge in [0.15, 0.2) is 0 Å². The Hall–Kier alpha value is -2.43. The van der Waals surface area contributed by atoms with E-state index in [4.69, 9.17) is 0 Å².